The van der Waals surface area contributed by atoms with E-state index >= 15 is 0 Å². The molecule has 1 aromatic carbocycles. The monoisotopic (exact) mass is 281 g/mol. The van der Waals surface area contributed by atoms with Gasteiger partial charge in [-0.25, -0.2) is 0 Å². The highest BCUT2D eigenvalue weighted by atomic mass is 79.9. The van der Waals surface area contributed by atoms with Crippen molar-refractivity contribution in [2.75, 3.05) is 23.3 Å². The lowest BCUT2D eigenvalue weighted by molar-refractivity contribution is 0.568. The fourth-order valence-corrected chi connectivity index (χ4v) is 2.86. The number of anilines is 1. The van der Waals surface area contributed by atoms with Gasteiger partial charge in [-0.05, 0) is 49.8 Å². The van der Waals surface area contributed by atoms with Gasteiger partial charge in [-0.3, -0.25) is 0 Å². The molecule has 0 radical (unpaired) electrons. The third kappa shape index (κ3) is 2.60. The lowest BCUT2D eigenvalue weighted by Gasteiger charge is -2.27. The molecule has 0 aliphatic heterocycles. The Morgan fingerprint density at radius 1 is 1.38 bits per heavy atom. The molecule has 1 aromatic rings. The number of hydrogen-bond acceptors (Lipinski definition) is 1. The Balaban J connectivity index is 2.10. The summed E-state index contributed by atoms with van der Waals surface area (Å²) in [5.41, 5.74) is 3.27. The van der Waals surface area contributed by atoms with Gasteiger partial charge in [0, 0.05) is 24.1 Å². The van der Waals surface area contributed by atoms with Crippen molar-refractivity contribution < 1.29 is 0 Å². The van der Waals surface area contributed by atoms with Crippen LogP contribution in [0.5, 0.6) is 0 Å². The van der Waals surface area contributed by atoms with Gasteiger partial charge < -0.3 is 4.90 Å². The maximum Gasteiger partial charge on any atom is 0.0368 e. The molecule has 0 heterocycles. The van der Waals surface area contributed by atoms with Gasteiger partial charge in [0.05, 0.1) is 0 Å². The summed E-state index contributed by atoms with van der Waals surface area (Å²) in [7, 11) is 0. The number of halogens is 1. The standard InChI is InChI=1S/C14H20BrN/c1-3-16(11-14(10-15)7-8-14)13-6-4-5-12(2)9-13/h4-6,9H,3,7-8,10-11H2,1-2H3. The molecule has 1 aliphatic rings. The van der Waals surface area contributed by atoms with E-state index < -0.39 is 0 Å². The molecule has 16 heavy (non-hydrogen) atoms. The van der Waals surface area contributed by atoms with E-state index in [0.29, 0.717) is 5.41 Å². The van der Waals surface area contributed by atoms with E-state index in [-0.39, 0.29) is 0 Å². The summed E-state index contributed by atoms with van der Waals surface area (Å²) in [6, 6.07) is 8.82. The van der Waals surface area contributed by atoms with Gasteiger partial charge in [-0.1, -0.05) is 28.1 Å². The molecule has 1 nitrogen and oxygen atoms in total. The Hall–Kier alpha value is -0.500. The second-order valence-corrected chi connectivity index (χ2v) is 5.55. The number of rotatable bonds is 5. The van der Waals surface area contributed by atoms with Crippen molar-refractivity contribution in [2.45, 2.75) is 26.7 Å². The summed E-state index contributed by atoms with van der Waals surface area (Å²) in [4.78, 5) is 2.50. The Labute approximate surface area is 107 Å². The highest BCUT2D eigenvalue weighted by Crippen LogP contribution is 2.48. The van der Waals surface area contributed by atoms with Crippen LogP contribution in [0.3, 0.4) is 0 Å². The normalized spacial score (nSPS) is 17.2. The van der Waals surface area contributed by atoms with Crippen LogP contribution in [0.1, 0.15) is 25.3 Å². The minimum absolute atomic E-state index is 0.555. The molecule has 2 rings (SSSR count). The molecule has 0 atom stereocenters. The average molecular weight is 282 g/mol. The first-order valence-electron chi connectivity index (χ1n) is 6.07. The quantitative estimate of drug-likeness (QED) is 0.738. The van der Waals surface area contributed by atoms with Crippen LogP contribution >= 0.6 is 15.9 Å². The van der Waals surface area contributed by atoms with Gasteiger partial charge >= 0.3 is 0 Å². The molecule has 1 saturated carbocycles. The second-order valence-electron chi connectivity index (χ2n) is 4.99. The van der Waals surface area contributed by atoms with E-state index in [1.165, 1.54) is 30.6 Å². The fourth-order valence-electron chi connectivity index (χ4n) is 2.13. The zero-order valence-electron chi connectivity index (χ0n) is 10.2. The van der Waals surface area contributed by atoms with Crippen LogP contribution in [0.25, 0.3) is 0 Å². The van der Waals surface area contributed by atoms with Crippen LogP contribution in [-0.2, 0) is 0 Å². The molecule has 0 saturated heterocycles. The van der Waals surface area contributed by atoms with Crippen LogP contribution < -0.4 is 4.90 Å². The van der Waals surface area contributed by atoms with E-state index in [9.17, 15) is 0 Å². The second kappa shape index (κ2) is 4.79. The number of hydrogen-bond donors (Lipinski definition) is 0. The summed E-state index contributed by atoms with van der Waals surface area (Å²) >= 11 is 3.65. The van der Waals surface area contributed by atoms with Gasteiger partial charge in [-0.15, -0.1) is 0 Å². The Morgan fingerprint density at radius 2 is 2.12 bits per heavy atom. The smallest absolute Gasteiger partial charge is 0.0368 e. The minimum atomic E-state index is 0.555. The summed E-state index contributed by atoms with van der Waals surface area (Å²) in [5.74, 6) is 0. The Morgan fingerprint density at radius 3 is 2.62 bits per heavy atom. The predicted molar refractivity (Wildman–Crippen MR) is 74.5 cm³/mol. The van der Waals surface area contributed by atoms with E-state index in [0.717, 1.165) is 11.9 Å². The van der Waals surface area contributed by atoms with E-state index in [4.69, 9.17) is 0 Å². The Bertz CT molecular complexity index is 358. The van der Waals surface area contributed by atoms with Crippen LogP contribution in [0, 0.1) is 12.3 Å². The zero-order valence-corrected chi connectivity index (χ0v) is 11.8. The number of nitrogens with zero attached hydrogens (tertiary/aromatic N) is 1. The van der Waals surface area contributed by atoms with Crippen molar-refractivity contribution >= 4 is 21.6 Å². The van der Waals surface area contributed by atoms with Crippen molar-refractivity contribution in [1.82, 2.24) is 0 Å². The van der Waals surface area contributed by atoms with Gasteiger partial charge in [0.15, 0.2) is 0 Å². The molecule has 1 fully saturated rings. The third-order valence-electron chi connectivity index (χ3n) is 3.52. The van der Waals surface area contributed by atoms with Crippen molar-refractivity contribution in [3.63, 3.8) is 0 Å². The van der Waals surface area contributed by atoms with Crippen molar-refractivity contribution in [1.29, 1.82) is 0 Å². The highest BCUT2D eigenvalue weighted by Gasteiger charge is 2.42. The van der Waals surface area contributed by atoms with Crippen molar-refractivity contribution in [3.05, 3.63) is 29.8 Å². The number of alkyl halides is 1. The summed E-state index contributed by atoms with van der Waals surface area (Å²) < 4.78 is 0. The largest absolute Gasteiger partial charge is 0.371 e. The minimum Gasteiger partial charge on any atom is -0.371 e. The summed E-state index contributed by atoms with van der Waals surface area (Å²) in [5, 5.41) is 1.14. The molecule has 0 aromatic heterocycles. The first kappa shape index (κ1) is 12.0. The van der Waals surface area contributed by atoms with Gasteiger partial charge in [0.25, 0.3) is 0 Å². The molecule has 0 N–H and O–H groups in total. The van der Waals surface area contributed by atoms with Crippen LogP contribution in [0.2, 0.25) is 0 Å². The van der Waals surface area contributed by atoms with E-state index in [1.807, 2.05) is 0 Å². The molecular formula is C14H20BrN. The van der Waals surface area contributed by atoms with E-state index in [2.05, 4.69) is 58.9 Å². The predicted octanol–water partition coefficient (Wildman–Crippen LogP) is 4.00. The zero-order chi connectivity index (χ0) is 11.6. The molecule has 0 spiro atoms. The maximum absolute atomic E-state index is 3.65. The van der Waals surface area contributed by atoms with E-state index in [1.54, 1.807) is 0 Å². The summed E-state index contributed by atoms with van der Waals surface area (Å²) in [6.07, 6.45) is 2.75. The van der Waals surface area contributed by atoms with Crippen LogP contribution in [-0.4, -0.2) is 18.4 Å². The molecule has 0 bridgehead atoms. The molecule has 0 amide bonds. The number of benzene rings is 1. The SMILES string of the molecule is CCN(CC1(CBr)CC1)c1cccc(C)c1. The first-order chi connectivity index (χ1) is 7.69. The summed E-state index contributed by atoms with van der Waals surface area (Å²) in [6.45, 7) is 6.69. The number of aryl methyl sites for hydroxylation is 1. The average Bonchev–Trinajstić information content (AvgIpc) is 3.06. The molecule has 88 valence electrons. The highest BCUT2D eigenvalue weighted by molar-refractivity contribution is 9.09. The fraction of sp³-hybridized carbons (Fsp3) is 0.571. The molecule has 0 unspecified atom stereocenters. The van der Waals surface area contributed by atoms with Crippen LogP contribution in [0.4, 0.5) is 5.69 Å². The third-order valence-corrected chi connectivity index (χ3v) is 4.70. The topological polar surface area (TPSA) is 3.24 Å². The lowest BCUT2D eigenvalue weighted by Crippen LogP contribution is -2.31. The van der Waals surface area contributed by atoms with Crippen molar-refractivity contribution in [2.24, 2.45) is 5.41 Å². The maximum atomic E-state index is 3.65. The molecular weight excluding hydrogens is 262 g/mol. The van der Waals surface area contributed by atoms with Gasteiger partial charge in [0.2, 0.25) is 0 Å². The lowest BCUT2D eigenvalue weighted by atomic mass is 10.1. The van der Waals surface area contributed by atoms with Crippen LogP contribution in [0.15, 0.2) is 24.3 Å². The molecule has 1 aliphatic carbocycles. The Kier molecular flexibility index (Phi) is 3.58. The first-order valence-corrected chi connectivity index (χ1v) is 7.19. The van der Waals surface area contributed by atoms with Crippen molar-refractivity contribution in [3.8, 4) is 0 Å². The van der Waals surface area contributed by atoms with Gasteiger partial charge in [-0.2, -0.15) is 0 Å². The van der Waals surface area contributed by atoms with Gasteiger partial charge in [0.1, 0.15) is 0 Å². The molecule has 2 heteroatoms.